The number of nitrogens with one attached hydrogen (secondary N) is 1. The molecule has 27 heavy (non-hydrogen) atoms. The van der Waals surface area contributed by atoms with Crippen molar-refractivity contribution in [2.24, 2.45) is 0 Å². The largest absolute Gasteiger partial charge is 0.486 e. The SMILES string of the molecule is O=C(Cn1nnn(-c2ccccc2)c1=O)NCC1COc2ccccc2O1. The van der Waals surface area contributed by atoms with Crippen LogP contribution < -0.4 is 20.5 Å². The zero-order valence-electron chi connectivity index (χ0n) is 14.3. The zero-order valence-corrected chi connectivity index (χ0v) is 14.3. The number of para-hydroxylation sites is 3. The van der Waals surface area contributed by atoms with Crippen LogP contribution in [0.1, 0.15) is 0 Å². The molecule has 9 heteroatoms. The Morgan fingerprint density at radius 1 is 1.07 bits per heavy atom. The van der Waals surface area contributed by atoms with Crippen LogP contribution in [0.2, 0.25) is 0 Å². The average Bonchev–Trinajstić information content (AvgIpc) is 3.07. The van der Waals surface area contributed by atoms with E-state index in [2.05, 4.69) is 15.7 Å². The highest BCUT2D eigenvalue weighted by molar-refractivity contribution is 5.75. The Morgan fingerprint density at radius 3 is 2.63 bits per heavy atom. The van der Waals surface area contributed by atoms with Crippen molar-refractivity contribution in [3.63, 3.8) is 0 Å². The van der Waals surface area contributed by atoms with Gasteiger partial charge in [0.05, 0.1) is 12.2 Å². The van der Waals surface area contributed by atoms with E-state index in [1.165, 1.54) is 0 Å². The average molecular weight is 367 g/mol. The van der Waals surface area contributed by atoms with E-state index in [1.807, 2.05) is 30.3 Å². The fraction of sp³-hybridized carbons (Fsp3) is 0.222. The van der Waals surface area contributed by atoms with Crippen molar-refractivity contribution in [3.8, 4) is 17.2 Å². The Kier molecular flexibility index (Phi) is 4.56. The summed E-state index contributed by atoms with van der Waals surface area (Å²) in [6.07, 6.45) is -0.305. The van der Waals surface area contributed by atoms with Crippen molar-refractivity contribution in [1.29, 1.82) is 0 Å². The van der Waals surface area contributed by atoms with Gasteiger partial charge in [0, 0.05) is 0 Å². The third kappa shape index (κ3) is 3.66. The van der Waals surface area contributed by atoms with Crippen molar-refractivity contribution in [3.05, 3.63) is 65.1 Å². The monoisotopic (exact) mass is 367 g/mol. The van der Waals surface area contributed by atoms with Crippen molar-refractivity contribution < 1.29 is 14.3 Å². The van der Waals surface area contributed by atoms with Crippen molar-refractivity contribution in [1.82, 2.24) is 25.1 Å². The number of ether oxygens (including phenoxy) is 2. The molecule has 1 amide bonds. The first-order chi connectivity index (χ1) is 13.2. The highest BCUT2D eigenvalue weighted by atomic mass is 16.6. The summed E-state index contributed by atoms with van der Waals surface area (Å²) in [5.74, 6) is 0.967. The van der Waals surface area contributed by atoms with E-state index in [9.17, 15) is 9.59 Å². The van der Waals surface area contributed by atoms with Crippen LogP contribution >= 0.6 is 0 Å². The molecule has 0 bridgehead atoms. The smallest absolute Gasteiger partial charge is 0.368 e. The Bertz CT molecular complexity index is 998. The van der Waals surface area contributed by atoms with Crippen LogP contribution in [0.3, 0.4) is 0 Å². The molecule has 1 aromatic heterocycles. The minimum absolute atomic E-state index is 0.226. The number of aromatic nitrogens is 4. The zero-order chi connectivity index (χ0) is 18.6. The molecule has 0 saturated heterocycles. The Balaban J connectivity index is 1.34. The van der Waals surface area contributed by atoms with Crippen molar-refractivity contribution in [2.75, 3.05) is 13.2 Å². The van der Waals surface area contributed by atoms with Gasteiger partial charge in [0.25, 0.3) is 0 Å². The van der Waals surface area contributed by atoms with Gasteiger partial charge in [0.15, 0.2) is 11.5 Å². The molecule has 2 heterocycles. The van der Waals surface area contributed by atoms with Gasteiger partial charge >= 0.3 is 5.69 Å². The molecule has 0 radical (unpaired) electrons. The summed E-state index contributed by atoms with van der Waals surface area (Å²) in [4.78, 5) is 24.5. The number of rotatable bonds is 5. The summed E-state index contributed by atoms with van der Waals surface area (Å²) >= 11 is 0. The molecule has 0 fully saturated rings. The molecule has 0 aliphatic carbocycles. The maximum Gasteiger partial charge on any atom is 0.368 e. The minimum atomic E-state index is -0.484. The fourth-order valence-corrected chi connectivity index (χ4v) is 2.69. The van der Waals surface area contributed by atoms with Crippen LogP contribution in [0.4, 0.5) is 0 Å². The second kappa shape index (κ2) is 7.32. The molecule has 1 aliphatic rings. The number of hydrogen-bond acceptors (Lipinski definition) is 6. The van der Waals surface area contributed by atoms with Crippen molar-refractivity contribution in [2.45, 2.75) is 12.6 Å². The molecule has 0 spiro atoms. The summed E-state index contributed by atoms with van der Waals surface area (Å²) in [5, 5.41) is 10.3. The van der Waals surface area contributed by atoms with E-state index in [1.54, 1.807) is 24.3 Å². The molecule has 1 atom stereocenters. The first kappa shape index (κ1) is 16.8. The molecule has 1 N–H and O–H groups in total. The van der Waals surface area contributed by atoms with Gasteiger partial charge in [-0.3, -0.25) is 4.79 Å². The number of carbonyl (C=O) groups excluding carboxylic acids is 1. The number of fused-ring (bicyclic) bond motifs is 1. The number of nitrogens with zero attached hydrogens (tertiary/aromatic N) is 4. The van der Waals surface area contributed by atoms with Crippen molar-refractivity contribution >= 4 is 5.91 Å². The molecular formula is C18H17N5O4. The van der Waals surface area contributed by atoms with Crippen LogP contribution in [-0.4, -0.2) is 45.0 Å². The number of carbonyl (C=O) groups is 1. The Hall–Kier alpha value is -3.62. The molecular weight excluding hydrogens is 350 g/mol. The van der Waals surface area contributed by atoms with E-state index in [0.717, 1.165) is 9.36 Å². The van der Waals surface area contributed by atoms with Gasteiger partial charge in [-0.15, -0.1) is 0 Å². The van der Waals surface area contributed by atoms with E-state index < -0.39 is 5.69 Å². The third-order valence-corrected chi connectivity index (χ3v) is 4.03. The lowest BCUT2D eigenvalue weighted by molar-refractivity contribution is -0.122. The highest BCUT2D eigenvalue weighted by Gasteiger charge is 2.21. The van der Waals surface area contributed by atoms with Gasteiger partial charge in [-0.1, -0.05) is 30.3 Å². The number of amides is 1. The van der Waals surface area contributed by atoms with E-state index >= 15 is 0 Å². The van der Waals surface area contributed by atoms with Gasteiger partial charge < -0.3 is 14.8 Å². The van der Waals surface area contributed by atoms with Crippen LogP contribution in [0, 0.1) is 0 Å². The number of tetrazole rings is 1. The quantitative estimate of drug-likeness (QED) is 0.700. The second-order valence-electron chi connectivity index (χ2n) is 5.97. The van der Waals surface area contributed by atoms with Gasteiger partial charge in [-0.05, 0) is 34.7 Å². The molecule has 1 unspecified atom stereocenters. The predicted molar refractivity (Wildman–Crippen MR) is 95.0 cm³/mol. The van der Waals surface area contributed by atoms with Gasteiger partial charge in [0.2, 0.25) is 5.91 Å². The topological polar surface area (TPSA) is 100 Å². The predicted octanol–water partition coefficient (Wildman–Crippen LogP) is 0.385. The molecule has 3 aromatic rings. The maximum atomic E-state index is 12.3. The lowest BCUT2D eigenvalue weighted by Gasteiger charge is -2.26. The molecule has 138 valence electrons. The maximum absolute atomic E-state index is 12.3. The van der Waals surface area contributed by atoms with E-state index in [-0.39, 0.29) is 25.1 Å². The van der Waals surface area contributed by atoms with Crippen LogP contribution in [-0.2, 0) is 11.3 Å². The van der Waals surface area contributed by atoms with Crippen LogP contribution in [0.25, 0.3) is 5.69 Å². The van der Waals surface area contributed by atoms with E-state index in [4.69, 9.17) is 9.47 Å². The standard InChI is InChI=1S/C18H17N5O4/c24-17(19-10-14-12-26-15-8-4-5-9-16(15)27-14)11-22-18(25)23(21-20-22)13-6-2-1-3-7-13/h1-9,14H,10-12H2,(H,19,24). The normalized spacial score (nSPS) is 15.3. The number of benzene rings is 2. The Morgan fingerprint density at radius 2 is 1.81 bits per heavy atom. The lowest BCUT2D eigenvalue weighted by Crippen LogP contribution is -2.42. The van der Waals surface area contributed by atoms with Gasteiger partial charge in [0.1, 0.15) is 19.3 Å². The van der Waals surface area contributed by atoms with Crippen LogP contribution in [0.15, 0.2) is 59.4 Å². The number of hydrogen-bond donors (Lipinski definition) is 1. The molecule has 4 rings (SSSR count). The molecule has 9 nitrogen and oxygen atoms in total. The van der Waals surface area contributed by atoms with E-state index in [0.29, 0.717) is 23.8 Å². The molecule has 2 aromatic carbocycles. The summed E-state index contributed by atoms with van der Waals surface area (Å²) in [6, 6.07) is 16.2. The summed E-state index contributed by atoms with van der Waals surface area (Å²) in [6.45, 7) is 0.367. The minimum Gasteiger partial charge on any atom is -0.486 e. The first-order valence-corrected chi connectivity index (χ1v) is 8.44. The fourth-order valence-electron chi connectivity index (χ4n) is 2.69. The Labute approximate surface area is 154 Å². The summed E-state index contributed by atoms with van der Waals surface area (Å²) in [5.41, 5.74) is 0.100. The lowest BCUT2D eigenvalue weighted by atomic mass is 10.2. The van der Waals surface area contributed by atoms with Gasteiger partial charge in [-0.25, -0.2) is 4.79 Å². The third-order valence-electron chi connectivity index (χ3n) is 4.03. The first-order valence-electron chi connectivity index (χ1n) is 8.44. The molecule has 1 aliphatic heterocycles. The highest BCUT2D eigenvalue weighted by Crippen LogP contribution is 2.30. The summed E-state index contributed by atoms with van der Waals surface area (Å²) in [7, 11) is 0. The van der Waals surface area contributed by atoms with Crippen LogP contribution in [0.5, 0.6) is 11.5 Å². The summed E-state index contributed by atoms with van der Waals surface area (Å²) < 4.78 is 13.5. The second-order valence-corrected chi connectivity index (χ2v) is 5.97. The van der Waals surface area contributed by atoms with Gasteiger partial charge in [-0.2, -0.15) is 9.36 Å². The molecule has 0 saturated carbocycles.